The molecule has 0 radical (unpaired) electrons. The molecule has 0 bridgehead atoms. The van der Waals surface area contributed by atoms with E-state index in [1.807, 2.05) is 31.2 Å². The smallest absolute Gasteiger partial charge is 0.273 e. The third-order valence-corrected chi connectivity index (χ3v) is 3.88. The van der Waals surface area contributed by atoms with Crippen LogP contribution in [0, 0.1) is 6.92 Å². The van der Waals surface area contributed by atoms with Crippen LogP contribution in [-0.4, -0.2) is 35.3 Å². The van der Waals surface area contributed by atoms with Gasteiger partial charge in [-0.3, -0.25) is 9.59 Å². The van der Waals surface area contributed by atoms with Crippen molar-refractivity contribution in [1.29, 1.82) is 0 Å². The van der Waals surface area contributed by atoms with E-state index in [2.05, 4.69) is 10.3 Å². The SMILES string of the molecule is Cc1ccc(NC(=O)CN(C)C(=O)c2csc(CN)n2)cc1. The Morgan fingerprint density at radius 3 is 2.59 bits per heavy atom. The quantitative estimate of drug-likeness (QED) is 0.877. The van der Waals surface area contributed by atoms with Crippen LogP contribution in [0.5, 0.6) is 0 Å². The monoisotopic (exact) mass is 318 g/mol. The van der Waals surface area contributed by atoms with Crippen LogP contribution in [0.2, 0.25) is 0 Å². The van der Waals surface area contributed by atoms with Crippen LogP contribution < -0.4 is 11.1 Å². The molecule has 1 heterocycles. The predicted octanol–water partition coefficient (Wildman–Crippen LogP) is 1.62. The van der Waals surface area contributed by atoms with Gasteiger partial charge in [0.15, 0.2) is 0 Å². The van der Waals surface area contributed by atoms with E-state index >= 15 is 0 Å². The van der Waals surface area contributed by atoms with Gasteiger partial charge in [0.1, 0.15) is 10.7 Å². The van der Waals surface area contributed by atoms with Gasteiger partial charge in [0.25, 0.3) is 5.91 Å². The number of hydrogen-bond donors (Lipinski definition) is 2. The molecule has 0 saturated carbocycles. The lowest BCUT2D eigenvalue weighted by molar-refractivity contribution is -0.116. The van der Waals surface area contributed by atoms with Gasteiger partial charge in [0.05, 0.1) is 6.54 Å². The summed E-state index contributed by atoms with van der Waals surface area (Å²) < 4.78 is 0. The van der Waals surface area contributed by atoms with Gasteiger partial charge >= 0.3 is 0 Å². The molecule has 116 valence electrons. The average Bonchev–Trinajstić information content (AvgIpc) is 2.97. The number of thiazole rings is 1. The number of nitrogens with zero attached hydrogens (tertiary/aromatic N) is 2. The highest BCUT2D eigenvalue weighted by Gasteiger charge is 2.17. The molecule has 0 saturated heterocycles. The van der Waals surface area contributed by atoms with Gasteiger partial charge in [-0.2, -0.15) is 0 Å². The van der Waals surface area contributed by atoms with Crippen molar-refractivity contribution in [2.75, 3.05) is 18.9 Å². The molecule has 22 heavy (non-hydrogen) atoms. The predicted molar refractivity (Wildman–Crippen MR) is 86.8 cm³/mol. The first-order valence-corrected chi connectivity index (χ1v) is 7.64. The molecule has 0 spiro atoms. The molecule has 0 unspecified atom stereocenters. The summed E-state index contributed by atoms with van der Waals surface area (Å²) in [4.78, 5) is 29.6. The average molecular weight is 318 g/mol. The van der Waals surface area contributed by atoms with E-state index in [9.17, 15) is 9.59 Å². The summed E-state index contributed by atoms with van der Waals surface area (Å²) in [5.74, 6) is -0.552. The largest absolute Gasteiger partial charge is 0.331 e. The fourth-order valence-corrected chi connectivity index (χ4v) is 2.47. The third-order valence-electron chi connectivity index (χ3n) is 3.01. The van der Waals surface area contributed by atoms with Crippen molar-refractivity contribution in [2.24, 2.45) is 5.73 Å². The zero-order valence-corrected chi connectivity index (χ0v) is 13.3. The fourth-order valence-electron chi connectivity index (χ4n) is 1.82. The van der Waals surface area contributed by atoms with Crippen molar-refractivity contribution in [3.63, 3.8) is 0 Å². The molecule has 6 nitrogen and oxygen atoms in total. The van der Waals surface area contributed by atoms with Crippen LogP contribution in [0.4, 0.5) is 5.69 Å². The first kappa shape index (κ1) is 16.1. The molecular weight excluding hydrogens is 300 g/mol. The highest BCUT2D eigenvalue weighted by Crippen LogP contribution is 2.11. The molecule has 7 heteroatoms. The highest BCUT2D eigenvalue weighted by atomic mass is 32.1. The van der Waals surface area contributed by atoms with Crippen molar-refractivity contribution in [2.45, 2.75) is 13.5 Å². The topological polar surface area (TPSA) is 88.3 Å². The van der Waals surface area contributed by atoms with E-state index in [-0.39, 0.29) is 18.4 Å². The number of hydrogen-bond acceptors (Lipinski definition) is 5. The van der Waals surface area contributed by atoms with Crippen LogP contribution in [0.1, 0.15) is 21.1 Å². The Labute approximate surface area is 133 Å². The number of anilines is 1. The summed E-state index contributed by atoms with van der Waals surface area (Å²) >= 11 is 1.33. The molecule has 2 amide bonds. The van der Waals surface area contributed by atoms with Crippen molar-refractivity contribution >= 4 is 28.8 Å². The lowest BCUT2D eigenvalue weighted by Crippen LogP contribution is -2.35. The summed E-state index contributed by atoms with van der Waals surface area (Å²) in [5, 5.41) is 5.10. The molecule has 1 aromatic heterocycles. The summed E-state index contributed by atoms with van der Waals surface area (Å²) in [7, 11) is 1.57. The van der Waals surface area contributed by atoms with Gasteiger partial charge in [-0.05, 0) is 19.1 Å². The van der Waals surface area contributed by atoms with Gasteiger partial charge in [-0.25, -0.2) is 4.98 Å². The molecule has 2 rings (SSSR count). The fraction of sp³-hybridized carbons (Fsp3) is 0.267. The van der Waals surface area contributed by atoms with Gasteiger partial charge < -0.3 is 16.0 Å². The van der Waals surface area contributed by atoms with Gasteiger partial charge in [-0.15, -0.1) is 11.3 Å². The van der Waals surface area contributed by atoms with E-state index in [1.165, 1.54) is 16.2 Å². The van der Waals surface area contributed by atoms with Gasteiger partial charge in [0, 0.05) is 24.7 Å². The number of likely N-dealkylation sites (N-methyl/N-ethyl adjacent to an activating group) is 1. The number of carbonyl (C=O) groups excluding carboxylic acids is 2. The first-order valence-electron chi connectivity index (χ1n) is 6.76. The molecule has 0 aliphatic carbocycles. The summed E-state index contributed by atoms with van der Waals surface area (Å²) in [6.07, 6.45) is 0. The van der Waals surface area contributed by atoms with Crippen molar-refractivity contribution in [1.82, 2.24) is 9.88 Å². The Bertz CT molecular complexity index is 666. The normalized spacial score (nSPS) is 10.3. The highest BCUT2D eigenvalue weighted by molar-refractivity contribution is 7.09. The molecule has 0 atom stereocenters. The van der Waals surface area contributed by atoms with Gasteiger partial charge in [0.2, 0.25) is 5.91 Å². The van der Waals surface area contributed by atoms with Crippen LogP contribution in [0.25, 0.3) is 0 Å². The summed E-state index contributed by atoms with van der Waals surface area (Å²) in [6, 6.07) is 7.47. The zero-order chi connectivity index (χ0) is 16.1. The minimum Gasteiger partial charge on any atom is -0.331 e. The van der Waals surface area contributed by atoms with Crippen LogP contribution in [0.15, 0.2) is 29.6 Å². The Morgan fingerprint density at radius 2 is 2.00 bits per heavy atom. The Morgan fingerprint density at radius 1 is 1.32 bits per heavy atom. The van der Waals surface area contributed by atoms with Crippen LogP contribution >= 0.6 is 11.3 Å². The molecule has 0 aliphatic rings. The van der Waals surface area contributed by atoms with Crippen molar-refractivity contribution < 1.29 is 9.59 Å². The number of nitrogens with two attached hydrogens (primary N) is 1. The number of amides is 2. The lowest BCUT2D eigenvalue weighted by atomic mass is 10.2. The third kappa shape index (κ3) is 4.12. The summed E-state index contributed by atoms with van der Waals surface area (Å²) in [5.41, 5.74) is 7.61. The van der Waals surface area contributed by atoms with Crippen LogP contribution in [0.3, 0.4) is 0 Å². The van der Waals surface area contributed by atoms with E-state index in [1.54, 1.807) is 12.4 Å². The second-order valence-corrected chi connectivity index (χ2v) is 5.85. The second-order valence-electron chi connectivity index (χ2n) is 4.91. The number of carbonyl (C=O) groups is 2. The van der Waals surface area contributed by atoms with E-state index in [4.69, 9.17) is 5.73 Å². The molecule has 0 aliphatic heterocycles. The standard InChI is InChI=1S/C15H18N4O2S/c1-10-3-5-11(6-4-10)17-13(20)8-19(2)15(21)12-9-22-14(7-16)18-12/h3-6,9H,7-8,16H2,1-2H3,(H,17,20). The maximum absolute atomic E-state index is 12.2. The molecule has 3 N–H and O–H groups in total. The number of nitrogens with one attached hydrogen (secondary N) is 1. The Balaban J connectivity index is 1.92. The molecular formula is C15H18N4O2S. The number of aromatic nitrogens is 1. The minimum absolute atomic E-state index is 0.0395. The van der Waals surface area contributed by atoms with E-state index < -0.39 is 0 Å². The Kier molecular flexibility index (Phi) is 5.24. The van der Waals surface area contributed by atoms with Gasteiger partial charge in [-0.1, -0.05) is 17.7 Å². The minimum atomic E-state index is -0.296. The van der Waals surface area contributed by atoms with Crippen molar-refractivity contribution in [3.8, 4) is 0 Å². The molecule has 0 fully saturated rings. The van der Waals surface area contributed by atoms with Crippen molar-refractivity contribution in [3.05, 3.63) is 45.9 Å². The number of benzene rings is 1. The zero-order valence-electron chi connectivity index (χ0n) is 12.5. The molecule has 1 aromatic carbocycles. The Hall–Kier alpha value is -2.25. The van der Waals surface area contributed by atoms with Crippen LogP contribution in [-0.2, 0) is 11.3 Å². The second kappa shape index (κ2) is 7.15. The summed E-state index contributed by atoms with van der Waals surface area (Å²) in [6.45, 7) is 2.24. The number of rotatable bonds is 5. The molecule has 2 aromatic rings. The maximum Gasteiger partial charge on any atom is 0.273 e. The maximum atomic E-state index is 12.2. The first-order chi connectivity index (χ1) is 10.5. The number of aryl methyl sites for hydroxylation is 1. The van der Waals surface area contributed by atoms with E-state index in [0.29, 0.717) is 22.9 Å². The lowest BCUT2D eigenvalue weighted by Gasteiger charge is -2.15. The van der Waals surface area contributed by atoms with E-state index in [0.717, 1.165) is 5.56 Å².